The number of carboxylic acids is 1. The number of carboxylic acid groups (broad SMARTS) is 1. The number of hydrogen-bond donors (Lipinski definition) is 4. The second kappa shape index (κ2) is 8.21. The number of hydrogen-bond acceptors (Lipinski definition) is 5. The molecule has 1 atom stereocenters. The highest BCUT2D eigenvalue weighted by Gasteiger charge is 2.28. The van der Waals surface area contributed by atoms with Crippen molar-refractivity contribution in [3.63, 3.8) is 0 Å². The second-order valence-electron chi connectivity index (χ2n) is 5.41. The first-order valence-electron chi connectivity index (χ1n) is 7.18. The summed E-state index contributed by atoms with van der Waals surface area (Å²) < 4.78 is 0. The summed E-state index contributed by atoms with van der Waals surface area (Å²) >= 11 is 0. The van der Waals surface area contributed by atoms with Crippen molar-refractivity contribution in [1.29, 1.82) is 0 Å². The van der Waals surface area contributed by atoms with Crippen molar-refractivity contribution in [2.45, 2.75) is 44.6 Å². The predicted octanol–water partition coefficient (Wildman–Crippen LogP) is 2.07. The summed E-state index contributed by atoms with van der Waals surface area (Å²) in [6.07, 6.45) is 5.46. The highest BCUT2D eigenvalue weighted by atomic mass is 16.4. The zero-order chi connectivity index (χ0) is 16.7. The Morgan fingerprint density at radius 2 is 1.77 bits per heavy atom. The third-order valence-corrected chi connectivity index (χ3v) is 3.79. The number of aliphatic carboxylic acids is 1. The van der Waals surface area contributed by atoms with Crippen molar-refractivity contribution in [2.75, 3.05) is 0 Å². The van der Waals surface area contributed by atoms with Crippen LogP contribution in [0.1, 0.15) is 38.5 Å². The van der Waals surface area contributed by atoms with Crippen LogP contribution in [0.25, 0.3) is 0 Å². The summed E-state index contributed by atoms with van der Waals surface area (Å²) in [6.45, 7) is 6.20. The van der Waals surface area contributed by atoms with E-state index in [1.165, 1.54) is 0 Å². The van der Waals surface area contributed by atoms with Crippen LogP contribution in [0, 0.1) is 5.92 Å². The zero-order valence-electron chi connectivity index (χ0n) is 12.4. The minimum atomic E-state index is -1.16. The van der Waals surface area contributed by atoms with E-state index in [1.54, 1.807) is 0 Å². The summed E-state index contributed by atoms with van der Waals surface area (Å²) in [5.41, 5.74) is -0.579. The number of carbonyl (C=O) groups is 2. The molecule has 0 aliphatic heterocycles. The summed E-state index contributed by atoms with van der Waals surface area (Å²) in [4.78, 5) is 26.5. The molecular weight excluding hydrogens is 288 g/mol. The van der Waals surface area contributed by atoms with Crippen molar-refractivity contribution in [1.82, 2.24) is 5.32 Å². The number of amides is 1. The molecule has 1 saturated carbocycles. The van der Waals surface area contributed by atoms with Crippen molar-refractivity contribution in [3.05, 3.63) is 23.8 Å². The van der Waals surface area contributed by atoms with Gasteiger partial charge in [-0.15, -0.1) is 0 Å². The molecule has 0 aromatic carbocycles. The highest BCUT2D eigenvalue weighted by Crippen LogP contribution is 2.27. The maximum Gasteiger partial charge on any atom is 0.326 e. The lowest BCUT2D eigenvalue weighted by Gasteiger charge is -2.25. The molecule has 0 aromatic heterocycles. The van der Waals surface area contributed by atoms with Crippen LogP contribution in [-0.2, 0) is 9.59 Å². The summed E-state index contributed by atoms with van der Waals surface area (Å²) in [7, 11) is 0. The number of carbonyl (C=O) groups excluding carboxylic acids is 1. The van der Waals surface area contributed by atoms with Gasteiger partial charge in [0.15, 0.2) is 0 Å². The minimum absolute atomic E-state index is 0.242. The van der Waals surface area contributed by atoms with Crippen LogP contribution in [0.5, 0.6) is 0 Å². The van der Waals surface area contributed by atoms with Gasteiger partial charge in [0, 0.05) is 0 Å². The fourth-order valence-electron chi connectivity index (χ4n) is 2.65. The topological polar surface area (TPSA) is 119 Å². The lowest BCUT2D eigenvalue weighted by atomic mass is 9.85. The molecule has 22 heavy (non-hydrogen) atoms. The summed E-state index contributed by atoms with van der Waals surface area (Å²) in [6, 6.07) is -1.09. The van der Waals surface area contributed by atoms with E-state index in [1.807, 2.05) is 0 Å². The molecule has 1 aliphatic carbocycles. The lowest BCUT2D eigenvalue weighted by Crippen LogP contribution is -2.43. The van der Waals surface area contributed by atoms with E-state index in [4.69, 9.17) is 0 Å². The molecule has 0 spiro atoms. The Morgan fingerprint density at radius 1 is 1.18 bits per heavy atom. The molecule has 122 valence electrons. The maximum atomic E-state index is 12.0. The van der Waals surface area contributed by atoms with Crippen molar-refractivity contribution in [2.24, 2.45) is 10.9 Å². The molecule has 4 N–H and O–H groups in total. The van der Waals surface area contributed by atoms with Crippen LogP contribution in [0.15, 0.2) is 28.8 Å². The van der Waals surface area contributed by atoms with Gasteiger partial charge in [-0.25, -0.2) is 9.79 Å². The average molecular weight is 310 g/mol. The lowest BCUT2D eigenvalue weighted by molar-refractivity contribution is -0.142. The van der Waals surface area contributed by atoms with E-state index in [2.05, 4.69) is 23.6 Å². The van der Waals surface area contributed by atoms with Crippen LogP contribution in [-0.4, -0.2) is 40.0 Å². The van der Waals surface area contributed by atoms with E-state index >= 15 is 0 Å². The molecule has 0 heterocycles. The van der Waals surface area contributed by atoms with Gasteiger partial charge >= 0.3 is 5.97 Å². The average Bonchev–Trinajstić information content (AvgIpc) is 2.47. The molecule has 7 heteroatoms. The Labute approximate surface area is 129 Å². The fourth-order valence-corrected chi connectivity index (χ4v) is 2.65. The molecule has 1 aliphatic rings. The number of nitrogens with one attached hydrogen (secondary N) is 1. The van der Waals surface area contributed by atoms with E-state index < -0.39 is 35.1 Å². The smallest absolute Gasteiger partial charge is 0.326 e. The number of nitrogens with zero attached hydrogens (tertiary/aromatic N) is 1. The molecule has 0 saturated heterocycles. The van der Waals surface area contributed by atoms with E-state index in [-0.39, 0.29) is 5.92 Å². The first kappa shape index (κ1) is 17.7. The molecule has 1 amide bonds. The zero-order valence-corrected chi connectivity index (χ0v) is 12.4. The number of aliphatic imine (C=N–C) groups is 1. The maximum absolute atomic E-state index is 12.0. The molecule has 0 bridgehead atoms. The number of aliphatic hydroxyl groups is 2. The first-order chi connectivity index (χ1) is 10.4. The van der Waals surface area contributed by atoms with Gasteiger partial charge in [-0.3, -0.25) is 4.79 Å². The van der Waals surface area contributed by atoms with E-state index in [0.717, 1.165) is 32.1 Å². The number of aliphatic hydroxyl groups excluding tert-OH is 2. The standard InChI is InChI=1S/C15H22N2O5/c1-9(18)12(13(19)16-2)14(20)17-11(15(21)22)8-10-6-4-3-5-7-10/h10-11,18-19H,1-8H2,(H,17,20)(H,21,22)/b13-12-. The molecule has 7 nitrogen and oxygen atoms in total. The molecule has 1 unspecified atom stereocenters. The SMILES string of the molecule is C=N/C(O)=C(\C(=C)O)C(=O)NC(CC1CCCCC1)C(=O)O. The summed E-state index contributed by atoms with van der Waals surface area (Å²) in [5.74, 6) is -3.37. The monoisotopic (exact) mass is 310 g/mol. The summed E-state index contributed by atoms with van der Waals surface area (Å²) in [5, 5.41) is 30.4. The van der Waals surface area contributed by atoms with Crippen LogP contribution < -0.4 is 5.32 Å². The van der Waals surface area contributed by atoms with Crippen molar-refractivity contribution in [3.8, 4) is 0 Å². The van der Waals surface area contributed by atoms with Crippen LogP contribution in [0.2, 0.25) is 0 Å². The van der Waals surface area contributed by atoms with Gasteiger partial charge in [0.1, 0.15) is 17.4 Å². The Morgan fingerprint density at radius 3 is 2.23 bits per heavy atom. The third-order valence-electron chi connectivity index (χ3n) is 3.79. The minimum Gasteiger partial charge on any atom is -0.508 e. The molecular formula is C15H22N2O5. The van der Waals surface area contributed by atoms with Gasteiger partial charge in [0.05, 0.1) is 0 Å². The highest BCUT2D eigenvalue weighted by molar-refractivity contribution is 5.99. The molecule has 1 fully saturated rings. The van der Waals surface area contributed by atoms with E-state index in [0.29, 0.717) is 6.42 Å². The Balaban J connectivity index is 2.81. The first-order valence-corrected chi connectivity index (χ1v) is 7.18. The Bertz CT molecular complexity index is 492. The normalized spacial score (nSPS) is 18.0. The molecule has 1 rings (SSSR count). The Kier molecular flexibility index (Phi) is 6.62. The van der Waals surface area contributed by atoms with Crippen molar-refractivity contribution >= 4 is 18.6 Å². The quantitative estimate of drug-likeness (QED) is 0.248. The van der Waals surface area contributed by atoms with Crippen LogP contribution in [0.3, 0.4) is 0 Å². The van der Waals surface area contributed by atoms with Gasteiger partial charge in [0.2, 0.25) is 5.88 Å². The molecule has 0 aromatic rings. The van der Waals surface area contributed by atoms with Gasteiger partial charge in [0.25, 0.3) is 5.91 Å². The second-order valence-corrected chi connectivity index (χ2v) is 5.41. The predicted molar refractivity (Wildman–Crippen MR) is 81.7 cm³/mol. The van der Waals surface area contributed by atoms with Gasteiger partial charge in [-0.2, -0.15) is 0 Å². The van der Waals surface area contributed by atoms with Crippen molar-refractivity contribution < 1.29 is 24.9 Å². The fraction of sp³-hybridized carbons (Fsp3) is 0.533. The Hall–Kier alpha value is -2.31. The van der Waals surface area contributed by atoms with Crippen LogP contribution >= 0.6 is 0 Å². The molecule has 0 radical (unpaired) electrons. The van der Waals surface area contributed by atoms with E-state index in [9.17, 15) is 24.9 Å². The third kappa shape index (κ3) is 4.91. The van der Waals surface area contributed by atoms with Gasteiger partial charge in [-0.05, 0) is 19.1 Å². The van der Waals surface area contributed by atoms with Gasteiger partial charge in [-0.1, -0.05) is 38.7 Å². The number of rotatable bonds is 7. The van der Waals surface area contributed by atoms with Crippen LogP contribution in [0.4, 0.5) is 0 Å². The van der Waals surface area contributed by atoms with Gasteiger partial charge < -0.3 is 20.6 Å². The largest absolute Gasteiger partial charge is 0.508 e.